The van der Waals surface area contributed by atoms with Gasteiger partial charge in [0.05, 0.1) is 14.2 Å². The van der Waals surface area contributed by atoms with Crippen LogP contribution >= 0.6 is 0 Å². The van der Waals surface area contributed by atoms with E-state index in [1.54, 1.807) is 14.2 Å². The highest BCUT2D eigenvalue weighted by Crippen LogP contribution is 2.22. The molecule has 0 amide bonds. The lowest BCUT2D eigenvalue weighted by atomic mass is 10.2. The molecule has 0 aliphatic carbocycles. The molecule has 0 heterocycles. The van der Waals surface area contributed by atoms with Crippen LogP contribution < -0.4 is 14.8 Å². The molecule has 0 saturated heterocycles. The van der Waals surface area contributed by atoms with E-state index in [1.165, 1.54) is 0 Å². The highest BCUT2D eigenvalue weighted by Gasteiger charge is 2.01. The van der Waals surface area contributed by atoms with Gasteiger partial charge in [0.25, 0.3) is 0 Å². The summed E-state index contributed by atoms with van der Waals surface area (Å²) in [6, 6.07) is 5.90. The molecular formula is C14H23NO3. The normalized spacial score (nSPS) is 10.4. The van der Waals surface area contributed by atoms with Gasteiger partial charge in [-0.25, -0.2) is 0 Å². The molecule has 0 aliphatic heterocycles. The van der Waals surface area contributed by atoms with E-state index in [9.17, 15) is 0 Å². The van der Waals surface area contributed by atoms with E-state index >= 15 is 0 Å². The standard InChI is InChI=1S/C14H23NO3/c1-4-18-7-5-6-15-11-12-8-13(16-2)10-14(9-12)17-3/h8-10,15H,4-7,11H2,1-3H3. The van der Waals surface area contributed by atoms with Crippen molar-refractivity contribution in [1.29, 1.82) is 0 Å². The van der Waals surface area contributed by atoms with Crippen LogP contribution in [-0.4, -0.2) is 34.0 Å². The van der Waals surface area contributed by atoms with E-state index in [1.807, 2.05) is 25.1 Å². The smallest absolute Gasteiger partial charge is 0.122 e. The average molecular weight is 253 g/mol. The van der Waals surface area contributed by atoms with Crippen LogP contribution in [0.5, 0.6) is 11.5 Å². The molecular weight excluding hydrogens is 230 g/mol. The van der Waals surface area contributed by atoms with Crippen molar-refractivity contribution in [3.05, 3.63) is 23.8 Å². The van der Waals surface area contributed by atoms with E-state index in [-0.39, 0.29) is 0 Å². The molecule has 0 radical (unpaired) electrons. The zero-order valence-corrected chi connectivity index (χ0v) is 11.5. The Morgan fingerprint density at radius 1 is 1.06 bits per heavy atom. The van der Waals surface area contributed by atoms with Gasteiger partial charge in [-0.1, -0.05) is 0 Å². The summed E-state index contributed by atoms with van der Waals surface area (Å²) < 4.78 is 15.7. The predicted octanol–water partition coefficient (Wildman–Crippen LogP) is 2.22. The predicted molar refractivity (Wildman–Crippen MR) is 72.4 cm³/mol. The van der Waals surface area contributed by atoms with Crippen LogP contribution in [0.1, 0.15) is 18.9 Å². The SMILES string of the molecule is CCOCCCNCc1cc(OC)cc(OC)c1. The fourth-order valence-electron chi connectivity index (χ4n) is 1.64. The molecule has 0 fully saturated rings. The third-order valence-corrected chi connectivity index (χ3v) is 2.59. The molecule has 1 rings (SSSR count). The quantitative estimate of drug-likeness (QED) is 0.685. The van der Waals surface area contributed by atoms with Gasteiger partial charge in [0.2, 0.25) is 0 Å². The van der Waals surface area contributed by atoms with Gasteiger partial charge in [0, 0.05) is 25.8 Å². The number of hydrogen-bond acceptors (Lipinski definition) is 4. The summed E-state index contributed by atoms with van der Waals surface area (Å²) in [6.45, 7) is 5.35. The molecule has 18 heavy (non-hydrogen) atoms. The highest BCUT2D eigenvalue weighted by molar-refractivity contribution is 5.38. The van der Waals surface area contributed by atoms with Crippen LogP contribution in [0.25, 0.3) is 0 Å². The van der Waals surface area contributed by atoms with E-state index in [0.717, 1.165) is 49.8 Å². The highest BCUT2D eigenvalue weighted by atomic mass is 16.5. The van der Waals surface area contributed by atoms with Crippen LogP contribution in [0.2, 0.25) is 0 Å². The Bertz CT molecular complexity index is 320. The zero-order valence-electron chi connectivity index (χ0n) is 11.5. The summed E-state index contributed by atoms with van der Waals surface area (Å²) in [5.74, 6) is 1.64. The van der Waals surface area contributed by atoms with Crippen molar-refractivity contribution in [1.82, 2.24) is 5.32 Å². The van der Waals surface area contributed by atoms with E-state index in [2.05, 4.69) is 5.32 Å². The minimum atomic E-state index is 0.785. The summed E-state index contributed by atoms with van der Waals surface area (Å²) in [5, 5.41) is 3.37. The van der Waals surface area contributed by atoms with Gasteiger partial charge in [0.1, 0.15) is 11.5 Å². The number of rotatable bonds is 9. The number of ether oxygens (including phenoxy) is 3. The Hall–Kier alpha value is -1.26. The molecule has 0 bridgehead atoms. The monoisotopic (exact) mass is 253 g/mol. The maximum Gasteiger partial charge on any atom is 0.122 e. The average Bonchev–Trinajstić information content (AvgIpc) is 2.42. The summed E-state index contributed by atoms with van der Waals surface area (Å²) in [7, 11) is 3.32. The van der Waals surface area contributed by atoms with Crippen molar-refractivity contribution in [2.75, 3.05) is 34.0 Å². The van der Waals surface area contributed by atoms with Crippen molar-refractivity contribution in [2.45, 2.75) is 19.9 Å². The van der Waals surface area contributed by atoms with Crippen LogP contribution in [0.15, 0.2) is 18.2 Å². The fourth-order valence-corrected chi connectivity index (χ4v) is 1.64. The molecule has 0 aliphatic rings. The van der Waals surface area contributed by atoms with Crippen LogP contribution in [0.3, 0.4) is 0 Å². The zero-order chi connectivity index (χ0) is 13.2. The lowest BCUT2D eigenvalue weighted by Gasteiger charge is -2.09. The number of nitrogens with one attached hydrogen (secondary N) is 1. The number of hydrogen-bond donors (Lipinski definition) is 1. The molecule has 102 valence electrons. The van der Waals surface area contributed by atoms with Gasteiger partial charge < -0.3 is 19.5 Å². The maximum atomic E-state index is 5.28. The van der Waals surface area contributed by atoms with Gasteiger partial charge in [-0.3, -0.25) is 0 Å². The fraction of sp³-hybridized carbons (Fsp3) is 0.571. The van der Waals surface area contributed by atoms with Crippen LogP contribution in [0, 0.1) is 0 Å². The maximum absolute atomic E-state index is 5.28. The van der Waals surface area contributed by atoms with E-state index in [4.69, 9.17) is 14.2 Å². The molecule has 4 nitrogen and oxygen atoms in total. The Morgan fingerprint density at radius 2 is 1.72 bits per heavy atom. The Balaban J connectivity index is 2.36. The van der Waals surface area contributed by atoms with Gasteiger partial charge >= 0.3 is 0 Å². The second kappa shape index (κ2) is 8.78. The number of methoxy groups -OCH3 is 2. The first-order valence-corrected chi connectivity index (χ1v) is 6.30. The van der Waals surface area contributed by atoms with Crippen LogP contribution in [0.4, 0.5) is 0 Å². The third-order valence-electron chi connectivity index (χ3n) is 2.59. The molecule has 1 N–H and O–H groups in total. The molecule has 0 unspecified atom stereocenters. The summed E-state index contributed by atoms with van der Waals surface area (Å²) in [6.07, 6.45) is 1.02. The molecule has 1 aromatic rings. The third kappa shape index (κ3) is 5.38. The first kappa shape index (κ1) is 14.8. The molecule has 0 spiro atoms. The molecule has 0 atom stereocenters. The topological polar surface area (TPSA) is 39.7 Å². The Kier molecular flexibility index (Phi) is 7.22. The summed E-state index contributed by atoms with van der Waals surface area (Å²) in [4.78, 5) is 0. The minimum absolute atomic E-state index is 0.785. The van der Waals surface area contributed by atoms with Crippen molar-refractivity contribution >= 4 is 0 Å². The van der Waals surface area contributed by atoms with E-state index < -0.39 is 0 Å². The largest absolute Gasteiger partial charge is 0.497 e. The van der Waals surface area contributed by atoms with Gasteiger partial charge in [-0.2, -0.15) is 0 Å². The van der Waals surface area contributed by atoms with Crippen molar-refractivity contribution < 1.29 is 14.2 Å². The second-order valence-corrected chi connectivity index (χ2v) is 3.95. The van der Waals surface area contributed by atoms with Gasteiger partial charge in [0.15, 0.2) is 0 Å². The van der Waals surface area contributed by atoms with Gasteiger partial charge in [-0.05, 0) is 37.6 Å². The van der Waals surface area contributed by atoms with Crippen molar-refractivity contribution in [3.8, 4) is 11.5 Å². The first-order valence-electron chi connectivity index (χ1n) is 6.30. The molecule has 0 saturated carbocycles. The first-order chi connectivity index (χ1) is 8.80. The number of benzene rings is 1. The van der Waals surface area contributed by atoms with Crippen LogP contribution in [-0.2, 0) is 11.3 Å². The van der Waals surface area contributed by atoms with E-state index in [0.29, 0.717) is 0 Å². The van der Waals surface area contributed by atoms with Crippen molar-refractivity contribution in [3.63, 3.8) is 0 Å². The Morgan fingerprint density at radius 3 is 2.28 bits per heavy atom. The van der Waals surface area contributed by atoms with Crippen molar-refractivity contribution in [2.24, 2.45) is 0 Å². The molecule has 1 aromatic carbocycles. The lowest BCUT2D eigenvalue weighted by Crippen LogP contribution is -2.16. The Labute approximate surface area is 109 Å². The second-order valence-electron chi connectivity index (χ2n) is 3.95. The van der Waals surface area contributed by atoms with Gasteiger partial charge in [-0.15, -0.1) is 0 Å². The minimum Gasteiger partial charge on any atom is -0.497 e. The molecule has 4 heteroatoms. The molecule has 0 aromatic heterocycles. The summed E-state index contributed by atoms with van der Waals surface area (Å²) >= 11 is 0. The lowest BCUT2D eigenvalue weighted by molar-refractivity contribution is 0.144. The summed E-state index contributed by atoms with van der Waals surface area (Å²) in [5.41, 5.74) is 1.16.